The lowest BCUT2D eigenvalue weighted by molar-refractivity contribution is -0.218. The molecule has 3 heterocycles. The van der Waals surface area contributed by atoms with E-state index < -0.39 is 48.2 Å². The summed E-state index contributed by atoms with van der Waals surface area (Å²) in [6.45, 7) is 6.98. The van der Waals surface area contributed by atoms with Gasteiger partial charge in [-0.1, -0.05) is 18.2 Å². The molecule has 3 aliphatic heterocycles. The Morgan fingerprint density at radius 2 is 1.48 bits per heavy atom. The predicted molar refractivity (Wildman–Crippen MR) is 117 cm³/mol. The summed E-state index contributed by atoms with van der Waals surface area (Å²) in [5.74, 6) is -3.16. The lowest BCUT2D eigenvalue weighted by atomic mass is 9.78. The molecule has 0 aromatic heterocycles. The molecule has 1 aromatic rings. The van der Waals surface area contributed by atoms with Crippen molar-refractivity contribution in [2.45, 2.75) is 58.1 Å². The van der Waals surface area contributed by atoms with Crippen LogP contribution in [0, 0.1) is 5.92 Å². The van der Waals surface area contributed by atoms with Gasteiger partial charge in [0.05, 0.1) is 31.3 Å². The number of para-hydroxylation sites is 1. The van der Waals surface area contributed by atoms with Crippen molar-refractivity contribution in [3.05, 3.63) is 52.9 Å². The Hall–Kier alpha value is -2.72. The number of fused-ring (bicyclic) bond motifs is 1. The van der Waals surface area contributed by atoms with Crippen molar-refractivity contribution in [1.82, 2.24) is 0 Å². The summed E-state index contributed by atoms with van der Waals surface area (Å²) in [5.41, 5.74) is 2.25. The van der Waals surface area contributed by atoms with E-state index in [1.54, 1.807) is 32.6 Å². The van der Waals surface area contributed by atoms with Gasteiger partial charge in [-0.15, -0.1) is 0 Å². The third-order valence-corrected chi connectivity index (χ3v) is 6.28. The molecule has 0 saturated carbocycles. The molecule has 0 radical (unpaired) electrons. The minimum Gasteiger partial charge on any atom is -0.466 e. The van der Waals surface area contributed by atoms with Crippen LogP contribution in [0.1, 0.15) is 27.7 Å². The van der Waals surface area contributed by atoms with E-state index in [2.05, 4.69) is 0 Å². The second-order valence-electron chi connectivity index (χ2n) is 8.69. The van der Waals surface area contributed by atoms with Crippen LogP contribution in [-0.2, 0) is 33.3 Å². The quantitative estimate of drug-likeness (QED) is 0.679. The van der Waals surface area contributed by atoms with Gasteiger partial charge in [-0.2, -0.15) is 0 Å². The first-order valence-electron chi connectivity index (χ1n) is 10.7. The third kappa shape index (κ3) is 3.85. The Morgan fingerprint density at radius 1 is 0.939 bits per heavy atom. The lowest BCUT2D eigenvalue weighted by Crippen LogP contribution is -2.46. The Balaban J connectivity index is 1.86. The third-order valence-electron chi connectivity index (χ3n) is 6.28. The van der Waals surface area contributed by atoms with Crippen LogP contribution in [0.5, 0.6) is 0 Å². The highest BCUT2D eigenvalue weighted by Crippen LogP contribution is 2.47. The number of hydrogen-bond donors (Lipinski definition) is 1. The van der Waals surface area contributed by atoms with Gasteiger partial charge in [0, 0.05) is 17.1 Å². The summed E-state index contributed by atoms with van der Waals surface area (Å²) < 4.78 is 27.8. The first-order valence-corrected chi connectivity index (χ1v) is 10.7. The second-order valence-corrected chi connectivity index (χ2v) is 8.69. The van der Waals surface area contributed by atoms with Crippen molar-refractivity contribution in [3.8, 4) is 0 Å². The number of nitrogens with zero attached hydrogens (tertiary/aromatic N) is 1. The number of anilines is 1. The Kier molecular flexibility index (Phi) is 6.09. The minimum atomic E-state index is -1.16. The van der Waals surface area contributed by atoms with Crippen LogP contribution in [-0.4, -0.2) is 61.7 Å². The molecule has 178 valence electrons. The first kappa shape index (κ1) is 23.4. The van der Waals surface area contributed by atoms with E-state index in [9.17, 15) is 14.7 Å². The standard InChI is InChI=1S/C24H29NO8/c1-12-15(21(27)29-5)17(19-18(26)20-23(31-19)33-24(3,4)32-20)16(22(28)30-6)13(2)25(12)14-10-8-7-9-11-14/h7-11,17-20,23,26H,1-6H3/t18-,19+,20+,23+/m1/s1. The molecule has 2 saturated heterocycles. The molecular weight excluding hydrogens is 430 g/mol. The topological polar surface area (TPSA) is 104 Å². The van der Waals surface area contributed by atoms with Gasteiger partial charge in [0.1, 0.15) is 18.3 Å². The van der Waals surface area contributed by atoms with Crippen LogP contribution < -0.4 is 4.90 Å². The first-order chi connectivity index (χ1) is 15.6. The smallest absolute Gasteiger partial charge is 0.336 e. The van der Waals surface area contributed by atoms with Crippen molar-refractivity contribution in [2.24, 2.45) is 5.92 Å². The van der Waals surface area contributed by atoms with Crippen LogP contribution in [0.2, 0.25) is 0 Å². The van der Waals surface area contributed by atoms with Crippen molar-refractivity contribution in [2.75, 3.05) is 19.1 Å². The molecule has 0 aliphatic carbocycles. The number of allylic oxidation sites excluding steroid dienone is 2. The molecule has 0 spiro atoms. The average molecular weight is 459 g/mol. The number of aliphatic hydroxyl groups excluding tert-OH is 1. The zero-order valence-corrected chi connectivity index (χ0v) is 19.5. The maximum atomic E-state index is 13.1. The van der Waals surface area contributed by atoms with Crippen molar-refractivity contribution in [1.29, 1.82) is 0 Å². The van der Waals surface area contributed by atoms with Gasteiger partial charge in [0.15, 0.2) is 12.1 Å². The van der Waals surface area contributed by atoms with Gasteiger partial charge in [0.25, 0.3) is 0 Å². The van der Waals surface area contributed by atoms with E-state index in [4.69, 9.17) is 23.7 Å². The van der Waals surface area contributed by atoms with Crippen LogP contribution in [0.25, 0.3) is 0 Å². The number of methoxy groups -OCH3 is 2. The number of hydrogen-bond acceptors (Lipinski definition) is 9. The van der Waals surface area contributed by atoms with Crippen LogP contribution in [0.3, 0.4) is 0 Å². The number of ether oxygens (including phenoxy) is 5. The monoisotopic (exact) mass is 459 g/mol. The van der Waals surface area contributed by atoms with Crippen LogP contribution >= 0.6 is 0 Å². The molecule has 2 fully saturated rings. The molecule has 1 N–H and O–H groups in total. The predicted octanol–water partition coefficient (Wildman–Crippen LogP) is 2.25. The van der Waals surface area contributed by atoms with E-state index >= 15 is 0 Å². The van der Waals surface area contributed by atoms with Crippen molar-refractivity contribution >= 4 is 17.6 Å². The molecule has 3 aliphatic rings. The summed E-state index contributed by atoms with van der Waals surface area (Å²) in [6, 6.07) is 9.33. The summed E-state index contributed by atoms with van der Waals surface area (Å²) in [6.07, 6.45) is -3.77. The molecule has 33 heavy (non-hydrogen) atoms. The normalized spacial score (nSPS) is 29.4. The number of aliphatic hydroxyl groups is 1. The molecule has 0 amide bonds. The molecule has 4 rings (SSSR count). The number of esters is 2. The molecule has 0 unspecified atom stereocenters. The summed E-state index contributed by atoms with van der Waals surface area (Å²) >= 11 is 0. The van der Waals surface area contributed by atoms with Gasteiger partial charge >= 0.3 is 11.9 Å². The Labute approximate surface area is 192 Å². The van der Waals surface area contributed by atoms with Crippen LogP contribution in [0.4, 0.5) is 5.69 Å². The highest BCUT2D eigenvalue weighted by Gasteiger charge is 2.59. The molecule has 4 atom stereocenters. The summed E-state index contributed by atoms with van der Waals surface area (Å²) in [5, 5.41) is 11.2. The van der Waals surface area contributed by atoms with Gasteiger partial charge < -0.3 is 33.7 Å². The summed E-state index contributed by atoms with van der Waals surface area (Å²) in [4.78, 5) is 27.9. The van der Waals surface area contributed by atoms with Crippen molar-refractivity contribution < 1.29 is 38.4 Å². The highest BCUT2D eigenvalue weighted by molar-refractivity contribution is 6.00. The average Bonchev–Trinajstić information content (AvgIpc) is 3.25. The fourth-order valence-electron chi connectivity index (χ4n) is 4.94. The molecule has 9 heteroatoms. The van der Waals surface area contributed by atoms with Gasteiger partial charge in [-0.25, -0.2) is 9.59 Å². The van der Waals surface area contributed by atoms with Gasteiger partial charge in [-0.05, 0) is 39.8 Å². The minimum absolute atomic E-state index is 0.190. The van der Waals surface area contributed by atoms with E-state index in [0.29, 0.717) is 11.4 Å². The zero-order chi connectivity index (χ0) is 24.1. The fourth-order valence-corrected chi connectivity index (χ4v) is 4.94. The van der Waals surface area contributed by atoms with E-state index in [1.165, 1.54) is 14.2 Å². The molecule has 9 nitrogen and oxygen atoms in total. The SMILES string of the molecule is COC(=O)C1=C(C)N(c2ccccc2)C(C)=C(C(=O)OC)C1[C@@H]1O[C@H]2OC(C)(C)O[C@H]2[C@@H]1O. The Bertz CT molecular complexity index is 975. The Morgan fingerprint density at radius 3 is 1.97 bits per heavy atom. The van der Waals surface area contributed by atoms with E-state index in [1.807, 2.05) is 30.3 Å². The molecule has 1 aromatic carbocycles. The second kappa shape index (κ2) is 8.57. The van der Waals surface area contributed by atoms with Gasteiger partial charge in [-0.3, -0.25) is 0 Å². The zero-order valence-electron chi connectivity index (χ0n) is 19.5. The van der Waals surface area contributed by atoms with Crippen molar-refractivity contribution in [3.63, 3.8) is 0 Å². The lowest BCUT2D eigenvalue weighted by Gasteiger charge is -2.40. The summed E-state index contributed by atoms with van der Waals surface area (Å²) in [7, 11) is 2.54. The van der Waals surface area contributed by atoms with Gasteiger partial charge in [0.2, 0.25) is 0 Å². The maximum absolute atomic E-state index is 13.1. The molecule has 0 bridgehead atoms. The van der Waals surface area contributed by atoms with Crippen LogP contribution in [0.15, 0.2) is 52.9 Å². The largest absolute Gasteiger partial charge is 0.466 e. The fraction of sp³-hybridized carbons (Fsp3) is 0.500. The number of rotatable bonds is 4. The van der Waals surface area contributed by atoms with E-state index in [-0.39, 0.29) is 11.1 Å². The molecular formula is C24H29NO8. The maximum Gasteiger partial charge on any atom is 0.336 e. The number of carbonyl (C=O) groups is 2. The number of carbonyl (C=O) groups excluding carboxylic acids is 2. The highest BCUT2D eigenvalue weighted by atomic mass is 16.8. The van der Waals surface area contributed by atoms with E-state index in [0.717, 1.165) is 5.69 Å². The number of benzene rings is 1.